The lowest BCUT2D eigenvalue weighted by Crippen LogP contribution is -2.32. The third-order valence-corrected chi connectivity index (χ3v) is 4.49. The molecule has 0 aliphatic heterocycles. The van der Waals surface area contributed by atoms with Crippen LogP contribution in [0.25, 0.3) is 0 Å². The smallest absolute Gasteiger partial charge is 0.242 e. The van der Waals surface area contributed by atoms with Crippen LogP contribution in [-0.4, -0.2) is 39.9 Å². The molecule has 0 unspecified atom stereocenters. The first-order valence-corrected chi connectivity index (χ1v) is 7.14. The third kappa shape index (κ3) is 3.82. The number of nitrogens with one attached hydrogen (secondary N) is 1. The van der Waals surface area contributed by atoms with E-state index in [-0.39, 0.29) is 4.90 Å². The van der Waals surface area contributed by atoms with Gasteiger partial charge in [-0.05, 0) is 25.2 Å². The van der Waals surface area contributed by atoms with Crippen molar-refractivity contribution in [3.8, 4) is 0 Å². The van der Waals surface area contributed by atoms with E-state index in [4.69, 9.17) is 23.2 Å². The molecule has 0 amide bonds. The third-order valence-electron chi connectivity index (χ3n) is 2.22. The summed E-state index contributed by atoms with van der Waals surface area (Å²) in [5.74, 6) is 0. The normalized spacial score (nSPS) is 12.1. The predicted molar refractivity (Wildman–Crippen MR) is 70.2 cm³/mol. The van der Waals surface area contributed by atoms with Crippen LogP contribution >= 0.6 is 23.2 Å². The second kappa shape index (κ2) is 6.02. The van der Waals surface area contributed by atoms with E-state index in [9.17, 15) is 8.42 Å². The van der Waals surface area contributed by atoms with Crippen molar-refractivity contribution in [3.05, 3.63) is 28.2 Å². The molecule has 0 radical (unpaired) electrons. The van der Waals surface area contributed by atoms with E-state index in [2.05, 4.69) is 5.32 Å². The summed E-state index contributed by atoms with van der Waals surface area (Å²) in [7, 11) is -0.256. The molecule has 96 valence electrons. The van der Waals surface area contributed by atoms with Gasteiger partial charge in [0.25, 0.3) is 0 Å². The van der Waals surface area contributed by atoms with Crippen molar-refractivity contribution >= 4 is 33.2 Å². The van der Waals surface area contributed by atoms with Gasteiger partial charge in [0.15, 0.2) is 0 Å². The van der Waals surface area contributed by atoms with Gasteiger partial charge in [-0.15, -0.1) is 0 Å². The van der Waals surface area contributed by atoms with E-state index in [0.717, 1.165) is 0 Å². The Morgan fingerprint density at radius 2 is 1.76 bits per heavy atom. The molecule has 0 bridgehead atoms. The molecule has 1 aromatic carbocycles. The predicted octanol–water partition coefficient (Wildman–Crippen LogP) is 1.83. The maximum Gasteiger partial charge on any atom is 0.242 e. The van der Waals surface area contributed by atoms with Crippen LogP contribution in [0.5, 0.6) is 0 Å². The summed E-state index contributed by atoms with van der Waals surface area (Å²) in [5.41, 5.74) is 0. The Hall–Kier alpha value is -0.330. The molecule has 0 saturated heterocycles. The highest BCUT2D eigenvalue weighted by atomic mass is 35.5. The van der Waals surface area contributed by atoms with Crippen molar-refractivity contribution in [2.45, 2.75) is 4.90 Å². The molecule has 17 heavy (non-hydrogen) atoms. The number of hydrogen-bond acceptors (Lipinski definition) is 3. The molecule has 4 nitrogen and oxygen atoms in total. The van der Waals surface area contributed by atoms with Crippen molar-refractivity contribution < 1.29 is 8.42 Å². The molecular weight excluding hydrogens is 283 g/mol. The lowest BCUT2D eigenvalue weighted by Gasteiger charge is -2.17. The second-order valence-electron chi connectivity index (χ2n) is 3.54. The monoisotopic (exact) mass is 296 g/mol. The summed E-state index contributed by atoms with van der Waals surface area (Å²) in [4.78, 5) is 0.105. The molecule has 1 aromatic rings. The van der Waals surface area contributed by atoms with Crippen molar-refractivity contribution in [3.63, 3.8) is 0 Å². The highest BCUT2D eigenvalue weighted by Crippen LogP contribution is 2.24. The number of rotatable bonds is 5. The van der Waals surface area contributed by atoms with E-state index >= 15 is 0 Å². The van der Waals surface area contributed by atoms with Crippen LogP contribution in [0.4, 0.5) is 0 Å². The topological polar surface area (TPSA) is 49.4 Å². The Morgan fingerprint density at radius 3 is 2.24 bits per heavy atom. The fourth-order valence-corrected chi connectivity index (χ4v) is 3.15. The molecule has 7 heteroatoms. The molecule has 0 spiro atoms. The van der Waals surface area contributed by atoms with Gasteiger partial charge >= 0.3 is 0 Å². The first-order valence-electron chi connectivity index (χ1n) is 4.95. The fourth-order valence-electron chi connectivity index (χ4n) is 1.25. The molecule has 0 aliphatic rings. The summed E-state index contributed by atoms with van der Waals surface area (Å²) < 4.78 is 25.5. The van der Waals surface area contributed by atoms with Crippen LogP contribution in [0.2, 0.25) is 10.0 Å². The van der Waals surface area contributed by atoms with Crippen molar-refractivity contribution in [1.29, 1.82) is 0 Å². The van der Waals surface area contributed by atoms with Crippen LogP contribution in [0.1, 0.15) is 0 Å². The number of nitrogens with zero attached hydrogens (tertiary/aromatic N) is 1. The standard InChI is InChI=1S/C10H14Cl2N2O2S/c1-13-3-4-14(2)17(15,16)10-6-8(11)5-9(12)7-10/h5-7,13H,3-4H2,1-2H3. The largest absolute Gasteiger partial charge is 0.318 e. The van der Waals surface area contributed by atoms with Crippen LogP contribution in [-0.2, 0) is 10.0 Å². The molecule has 0 aliphatic carbocycles. The molecule has 1 rings (SSSR count). The van der Waals surface area contributed by atoms with Gasteiger partial charge in [-0.2, -0.15) is 4.31 Å². The van der Waals surface area contributed by atoms with Gasteiger partial charge in [-0.1, -0.05) is 23.2 Å². The zero-order valence-corrected chi connectivity index (χ0v) is 11.9. The number of halogens is 2. The highest BCUT2D eigenvalue weighted by Gasteiger charge is 2.21. The summed E-state index contributed by atoms with van der Waals surface area (Å²) in [6, 6.07) is 4.27. The SMILES string of the molecule is CNCCN(C)S(=O)(=O)c1cc(Cl)cc(Cl)c1. The molecule has 1 N–H and O–H groups in total. The van der Waals surface area contributed by atoms with Crippen molar-refractivity contribution in [2.75, 3.05) is 27.2 Å². The number of hydrogen-bond donors (Lipinski definition) is 1. The van der Waals surface area contributed by atoms with Gasteiger partial charge in [0.1, 0.15) is 0 Å². The fraction of sp³-hybridized carbons (Fsp3) is 0.400. The first-order chi connectivity index (χ1) is 7.87. The maximum absolute atomic E-state index is 12.1. The van der Waals surface area contributed by atoms with E-state index < -0.39 is 10.0 Å². The second-order valence-corrected chi connectivity index (χ2v) is 6.45. The zero-order chi connectivity index (χ0) is 13.1. The number of sulfonamides is 1. The lowest BCUT2D eigenvalue weighted by atomic mass is 10.4. The summed E-state index contributed by atoms with van der Waals surface area (Å²) >= 11 is 11.6. The number of likely N-dealkylation sites (N-methyl/N-ethyl adjacent to an activating group) is 2. The van der Waals surface area contributed by atoms with Gasteiger partial charge < -0.3 is 5.32 Å². The van der Waals surface area contributed by atoms with E-state index in [1.54, 1.807) is 7.05 Å². The quantitative estimate of drug-likeness (QED) is 0.902. The minimum atomic E-state index is -3.53. The molecule has 0 fully saturated rings. The molecule has 0 aromatic heterocycles. The average molecular weight is 297 g/mol. The first kappa shape index (κ1) is 14.7. The van der Waals surface area contributed by atoms with E-state index in [1.807, 2.05) is 0 Å². The van der Waals surface area contributed by atoms with Crippen molar-refractivity contribution in [1.82, 2.24) is 9.62 Å². The minimum absolute atomic E-state index is 0.105. The average Bonchev–Trinajstić information content (AvgIpc) is 2.24. The zero-order valence-electron chi connectivity index (χ0n) is 9.57. The maximum atomic E-state index is 12.1. The molecular formula is C10H14Cl2N2O2S. The van der Waals surface area contributed by atoms with E-state index in [1.165, 1.54) is 29.6 Å². The Balaban J connectivity index is 3.04. The minimum Gasteiger partial charge on any atom is -0.318 e. The highest BCUT2D eigenvalue weighted by molar-refractivity contribution is 7.89. The van der Waals surface area contributed by atoms with Crippen LogP contribution in [0, 0.1) is 0 Å². The van der Waals surface area contributed by atoms with Gasteiger partial charge in [0.05, 0.1) is 4.90 Å². The van der Waals surface area contributed by atoms with Gasteiger partial charge in [0.2, 0.25) is 10.0 Å². The Morgan fingerprint density at radius 1 is 1.24 bits per heavy atom. The van der Waals surface area contributed by atoms with Crippen LogP contribution in [0.15, 0.2) is 23.1 Å². The molecule has 0 heterocycles. The lowest BCUT2D eigenvalue weighted by molar-refractivity contribution is 0.466. The molecule has 0 atom stereocenters. The Labute approximate surface area is 112 Å². The van der Waals surface area contributed by atoms with E-state index in [0.29, 0.717) is 23.1 Å². The van der Waals surface area contributed by atoms with Crippen LogP contribution in [0.3, 0.4) is 0 Å². The van der Waals surface area contributed by atoms with Crippen molar-refractivity contribution in [2.24, 2.45) is 0 Å². The summed E-state index contributed by atoms with van der Waals surface area (Å²) in [5, 5.41) is 3.49. The summed E-state index contributed by atoms with van der Waals surface area (Å²) in [6.07, 6.45) is 0. The van der Waals surface area contributed by atoms with Crippen LogP contribution < -0.4 is 5.32 Å². The number of benzene rings is 1. The van der Waals surface area contributed by atoms with Gasteiger partial charge in [-0.25, -0.2) is 8.42 Å². The Bertz CT molecular complexity index is 471. The van der Waals surface area contributed by atoms with Gasteiger partial charge in [0, 0.05) is 30.2 Å². The van der Waals surface area contributed by atoms with Gasteiger partial charge in [-0.3, -0.25) is 0 Å². The Kier molecular flexibility index (Phi) is 5.22. The molecule has 0 saturated carbocycles. The summed E-state index contributed by atoms with van der Waals surface area (Å²) in [6.45, 7) is 0.951.